The molecule has 0 unspecified atom stereocenters. The highest BCUT2D eigenvalue weighted by Gasteiger charge is 2.17. The number of aromatic amines is 1. The molecule has 10 nitrogen and oxygen atoms in total. The van der Waals surface area contributed by atoms with Crippen LogP contribution in [-0.2, 0) is 6.54 Å². The van der Waals surface area contributed by atoms with Crippen LogP contribution in [0.5, 0.6) is 0 Å². The van der Waals surface area contributed by atoms with E-state index in [4.69, 9.17) is 4.98 Å². The van der Waals surface area contributed by atoms with Gasteiger partial charge in [-0.05, 0) is 30.3 Å². The van der Waals surface area contributed by atoms with Crippen molar-refractivity contribution in [2.45, 2.75) is 6.54 Å². The molecule has 1 fully saturated rings. The van der Waals surface area contributed by atoms with Gasteiger partial charge in [0.2, 0.25) is 0 Å². The molecule has 0 radical (unpaired) electrons. The summed E-state index contributed by atoms with van der Waals surface area (Å²) in [5, 5.41) is 7.26. The summed E-state index contributed by atoms with van der Waals surface area (Å²) in [4.78, 5) is 36.7. The Labute approximate surface area is 219 Å². The number of fused-ring (bicyclic) bond motifs is 2. The van der Waals surface area contributed by atoms with E-state index in [1.165, 1.54) is 6.33 Å². The van der Waals surface area contributed by atoms with E-state index in [-0.39, 0.29) is 30.4 Å². The van der Waals surface area contributed by atoms with Crippen molar-refractivity contribution in [3.8, 4) is 5.69 Å². The Morgan fingerprint density at radius 2 is 1.75 bits per heavy atom. The fourth-order valence-electron chi connectivity index (χ4n) is 4.36. The summed E-state index contributed by atoms with van der Waals surface area (Å²) in [5.74, 6) is 1.19. The normalized spacial score (nSPS) is 13.3. The predicted molar refractivity (Wildman–Crippen MR) is 146 cm³/mol. The van der Waals surface area contributed by atoms with Gasteiger partial charge in [-0.3, -0.25) is 9.36 Å². The molecule has 0 saturated carbocycles. The lowest BCUT2D eigenvalue weighted by Gasteiger charge is -2.29. The molecule has 186 valence electrons. The molecule has 1 aliphatic heterocycles. The zero-order chi connectivity index (χ0) is 22.9. The number of aromatic nitrogens is 6. The maximum absolute atomic E-state index is 13.8. The molecule has 0 spiro atoms. The minimum Gasteiger partial charge on any atom is -0.369 e. The van der Waals surface area contributed by atoms with Gasteiger partial charge in [0.1, 0.15) is 17.7 Å². The number of nitrogens with zero attached hydrogens (tertiary/aromatic N) is 6. The van der Waals surface area contributed by atoms with Gasteiger partial charge in [0, 0.05) is 31.9 Å². The summed E-state index contributed by atoms with van der Waals surface area (Å²) in [6.07, 6.45) is 3.04. The Morgan fingerprint density at radius 3 is 2.56 bits per heavy atom. The number of para-hydroxylation sites is 1. The second kappa shape index (κ2) is 10.9. The van der Waals surface area contributed by atoms with Crippen molar-refractivity contribution in [2.75, 3.05) is 36.4 Å². The van der Waals surface area contributed by atoms with Gasteiger partial charge in [0.15, 0.2) is 11.5 Å². The summed E-state index contributed by atoms with van der Waals surface area (Å²) in [7, 11) is 0. The van der Waals surface area contributed by atoms with Crippen LogP contribution in [0.2, 0.25) is 0 Å². The smallest absolute Gasteiger partial charge is 0.266 e. The first-order valence-electron chi connectivity index (χ1n) is 11.2. The molecule has 12 heteroatoms. The number of hydrogen-bond donors (Lipinski definition) is 3. The van der Waals surface area contributed by atoms with E-state index in [0.29, 0.717) is 40.3 Å². The number of rotatable bonds is 5. The molecule has 6 rings (SSSR count). The van der Waals surface area contributed by atoms with Crippen LogP contribution in [0.1, 0.15) is 5.82 Å². The number of hydrogen-bond acceptors (Lipinski definition) is 8. The highest BCUT2D eigenvalue weighted by molar-refractivity contribution is 5.86. The Kier molecular flexibility index (Phi) is 7.68. The van der Waals surface area contributed by atoms with E-state index in [2.05, 4.69) is 35.5 Å². The predicted octanol–water partition coefficient (Wildman–Crippen LogP) is 2.92. The average Bonchev–Trinajstić information content (AvgIpc) is 3.38. The standard InChI is InChI=1S/C24H23N9O.2ClH/c34-24-18-12-17(32-10-8-25-9-11-32)6-7-19(18)31-20(33(24)16-4-2-1-3-5-16)13-26-22-21-23(28-14-27-21)30-15-29-22;;/h1-7,12,14-15,25H,8-11,13H2,(H2,26,27,28,29,30);2*1H. The second-order valence-corrected chi connectivity index (χ2v) is 8.12. The third kappa shape index (κ3) is 4.70. The topological polar surface area (TPSA) is 117 Å². The van der Waals surface area contributed by atoms with Crippen molar-refractivity contribution in [3.05, 3.63) is 77.4 Å². The number of halogens is 2. The van der Waals surface area contributed by atoms with Crippen molar-refractivity contribution < 1.29 is 0 Å². The highest BCUT2D eigenvalue weighted by atomic mass is 35.5. The van der Waals surface area contributed by atoms with Crippen LogP contribution in [-0.4, -0.2) is 55.7 Å². The fraction of sp³-hybridized carbons (Fsp3) is 0.208. The number of imidazole rings is 1. The van der Waals surface area contributed by atoms with Gasteiger partial charge >= 0.3 is 0 Å². The number of anilines is 2. The number of H-pyrrole nitrogens is 1. The molecular formula is C24H25Cl2N9O. The van der Waals surface area contributed by atoms with Crippen LogP contribution in [0.3, 0.4) is 0 Å². The average molecular weight is 526 g/mol. The number of benzene rings is 2. The van der Waals surface area contributed by atoms with E-state index in [1.54, 1.807) is 10.9 Å². The highest BCUT2D eigenvalue weighted by Crippen LogP contribution is 2.22. The first-order chi connectivity index (χ1) is 16.8. The third-order valence-electron chi connectivity index (χ3n) is 6.05. The Balaban J connectivity index is 0.00000152. The largest absolute Gasteiger partial charge is 0.369 e. The summed E-state index contributed by atoms with van der Waals surface area (Å²) in [6.45, 7) is 3.98. The molecule has 4 heterocycles. The van der Waals surface area contributed by atoms with Gasteiger partial charge < -0.3 is 20.5 Å². The first-order valence-corrected chi connectivity index (χ1v) is 11.2. The molecule has 1 saturated heterocycles. The maximum Gasteiger partial charge on any atom is 0.266 e. The van der Waals surface area contributed by atoms with Crippen LogP contribution in [0, 0.1) is 0 Å². The van der Waals surface area contributed by atoms with Crippen LogP contribution in [0.25, 0.3) is 27.8 Å². The van der Waals surface area contributed by atoms with E-state index < -0.39 is 0 Å². The molecule has 2 aromatic carbocycles. The lowest BCUT2D eigenvalue weighted by molar-refractivity contribution is 0.589. The van der Waals surface area contributed by atoms with Crippen molar-refractivity contribution in [2.24, 2.45) is 0 Å². The zero-order valence-electron chi connectivity index (χ0n) is 19.2. The van der Waals surface area contributed by atoms with Gasteiger partial charge in [-0.1, -0.05) is 18.2 Å². The van der Waals surface area contributed by atoms with Gasteiger partial charge in [-0.15, -0.1) is 24.8 Å². The van der Waals surface area contributed by atoms with Crippen LogP contribution in [0.15, 0.2) is 66.0 Å². The van der Waals surface area contributed by atoms with Crippen molar-refractivity contribution in [1.29, 1.82) is 0 Å². The fourth-order valence-corrected chi connectivity index (χ4v) is 4.36. The van der Waals surface area contributed by atoms with Crippen LogP contribution < -0.4 is 21.1 Å². The number of piperazine rings is 1. The molecule has 5 aromatic rings. The molecule has 0 atom stereocenters. The first kappa shape index (κ1) is 25.4. The summed E-state index contributed by atoms with van der Waals surface area (Å²) < 4.78 is 1.67. The zero-order valence-corrected chi connectivity index (χ0v) is 20.9. The molecular weight excluding hydrogens is 501 g/mol. The van der Waals surface area contributed by atoms with Crippen LogP contribution in [0.4, 0.5) is 11.5 Å². The van der Waals surface area contributed by atoms with E-state index in [1.807, 2.05) is 48.5 Å². The van der Waals surface area contributed by atoms with Crippen molar-refractivity contribution in [3.63, 3.8) is 0 Å². The Hall–Kier alpha value is -3.73. The molecule has 0 bridgehead atoms. The summed E-state index contributed by atoms with van der Waals surface area (Å²) in [6, 6.07) is 15.5. The SMILES string of the molecule is Cl.Cl.O=c1c2cc(N3CCNCC3)ccc2nc(CNc2ncnc3nc[nH]c23)n1-c1ccccc1. The van der Waals surface area contributed by atoms with Gasteiger partial charge in [-0.25, -0.2) is 19.9 Å². The van der Waals surface area contributed by atoms with Gasteiger partial charge in [-0.2, -0.15) is 0 Å². The minimum absolute atomic E-state index is 0. The Morgan fingerprint density at radius 1 is 0.944 bits per heavy atom. The summed E-state index contributed by atoms with van der Waals surface area (Å²) in [5.41, 5.74) is 3.66. The van der Waals surface area contributed by atoms with Gasteiger partial charge in [0.05, 0.1) is 29.5 Å². The Bertz CT molecular complexity index is 1530. The number of nitrogens with one attached hydrogen (secondary N) is 3. The van der Waals surface area contributed by atoms with Crippen molar-refractivity contribution >= 4 is 58.4 Å². The molecule has 3 aromatic heterocycles. The van der Waals surface area contributed by atoms with E-state index >= 15 is 0 Å². The van der Waals surface area contributed by atoms with E-state index in [0.717, 1.165) is 37.6 Å². The van der Waals surface area contributed by atoms with Crippen molar-refractivity contribution in [1.82, 2.24) is 34.8 Å². The monoisotopic (exact) mass is 525 g/mol. The second-order valence-electron chi connectivity index (χ2n) is 8.12. The minimum atomic E-state index is -0.0978. The molecule has 36 heavy (non-hydrogen) atoms. The molecule has 3 N–H and O–H groups in total. The van der Waals surface area contributed by atoms with E-state index in [9.17, 15) is 4.79 Å². The lowest BCUT2D eigenvalue weighted by atomic mass is 10.1. The third-order valence-corrected chi connectivity index (χ3v) is 6.05. The molecule has 0 amide bonds. The maximum atomic E-state index is 13.8. The van der Waals surface area contributed by atoms with Gasteiger partial charge in [0.25, 0.3) is 5.56 Å². The molecule has 1 aliphatic rings. The quantitative estimate of drug-likeness (QED) is 0.320. The summed E-state index contributed by atoms with van der Waals surface area (Å²) >= 11 is 0. The lowest BCUT2D eigenvalue weighted by Crippen LogP contribution is -2.43. The van der Waals surface area contributed by atoms with Crippen LogP contribution >= 0.6 is 24.8 Å². The molecule has 0 aliphatic carbocycles.